The van der Waals surface area contributed by atoms with Crippen molar-refractivity contribution in [3.8, 4) is 17.6 Å². The Morgan fingerprint density at radius 1 is 0.900 bits per heavy atom. The molecule has 0 aliphatic carbocycles. The average molecular weight is 258 g/mol. The molecular formula is C17H10N2O. The zero-order valence-electron chi connectivity index (χ0n) is 10.6. The zero-order chi connectivity index (χ0) is 13.5. The second-order valence-electron chi connectivity index (χ2n) is 4.71. The van der Waals surface area contributed by atoms with Crippen LogP contribution in [0.5, 0.6) is 11.5 Å². The van der Waals surface area contributed by atoms with Crippen molar-refractivity contribution in [3.05, 3.63) is 60.2 Å². The molecule has 0 saturated carbocycles. The van der Waals surface area contributed by atoms with E-state index in [9.17, 15) is 0 Å². The molecule has 94 valence electrons. The van der Waals surface area contributed by atoms with Crippen molar-refractivity contribution in [2.75, 3.05) is 5.32 Å². The Kier molecular flexibility index (Phi) is 2.18. The predicted molar refractivity (Wildman–Crippen MR) is 78.5 cm³/mol. The van der Waals surface area contributed by atoms with Gasteiger partial charge in [0, 0.05) is 0 Å². The molecule has 4 rings (SSSR count). The van der Waals surface area contributed by atoms with Gasteiger partial charge in [0.05, 0.1) is 16.9 Å². The fourth-order valence-corrected chi connectivity index (χ4v) is 2.49. The van der Waals surface area contributed by atoms with Crippen molar-refractivity contribution in [2.24, 2.45) is 0 Å². The number of rotatable bonds is 0. The molecule has 3 heteroatoms. The van der Waals surface area contributed by atoms with Gasteiger partial charge in [-0.3, -0.25) is 0 Å². The zero-order valence-corrected chi connectivity index (χ0v) is 10.6. The molecule has 0 spiro atoms. The second kappa shape index (κ2) is 4.01. The molecule has 0 unspecified atom stereocenters. The van der Waals surface area contributed by atoms with Gasteiger partial charge in [-0.15, -0.1) is 0 Å². The smallest absolute Gasteiger partial charge is 0.152 e. The summed E-state index contributed by atoms with van der Waals surface area (Å²) in [7, 11) is 0. The number of fused-ring (bicyclic) bond motifs is 3. The van der Waals surface area contributed by atoms with Crippen molar-refractivity contribution in [3.63, 3.8) is 0 Å². The van der Waals surface area contributed by atoms with E-state index in [0.29, 0.717) is 11.3 Å². The Morgan fingerprint density at radius 2 is 1.70 bits per heavy atom. The van der Waals surface area contributed by atoms with Crippen LogP contribution >= 0.6 is 0 Å². The molecule has 0 amide bonds. The lowest BCUT2D eigenvalue weighted by Crippen LogP contribution is -2.04. The van der Waals surface area contributed by atoms with Crippen LogP contribution in [-0.2, 0) is 0 Å². The van der Waals surface area contributed by atoms with Gasteiger partial charge in [0.25, 0.3) is 0 Å². The van der Waals surface area contributed by atoms with E-state index >= 15 is 0 Å². The van der Waals surface area contributed by atoms with E-state index in [4.69, 9.17) is 10.00 Å². The molecule has 0 aromatic heterocycles. The third-order valence-electron chi connectivity index (χ3n) is 3.47. The number of anilines is 2. The molecule has 20 heavy (non-hydrogen) atoms. The van der Waals surface area contributed by atoms with Crippen LogP contribution in [0.2, 0.25) is 0 Å². The SMILES string of the molecule is N#Cc1cccc2c1Nc1cc3ccccc3cc1O2. The molecule has 0 fully saturated rings. The van der Waals surface area contributed by atoms with Gasteiger partial charge in [0.15, 0.2) is 11.5 Å². The Morgan fingerprint density at radius 3 is 2.50 bits per heavy atom. The summed E-state index contributed by atoms with van der Waals surface area (Å²) in [4.78, 5) is 0. The Balaban J connectivity index is 1.92. The van der Waals surface area contributed by atoms with Gasteiger partial charge < -0.3 is 10.1 Å². The highest BCUT2D eigenvalue weighted by Gasteiger charge is 2.19. The number of hydrogen-bond acceptors (Lipinski definition) is 3. The van der Waals surface area contributed by atoms with E-state index in [-0.39, 0.29) is 0 Å². The highest BCUT2D eigenvalue weighted by Crippen LogP contribution is 2.44. The molecule has 1 N–H and O–H groups in total. The summed E-state index contributed by atoms with van der Waals surface area (Å²) in [6.45, 7) is 0. The number of nitrogens with one attached hydrogen (secondary N) is 1. The van der Waals surface area contributed by atoms with Gasteiger partial charge >= 0.3 is 0 Å². The van der Waals surface area contributed by atoms with Crippen molar-refractivity contribution >= 4 is 22.1 Å². The first kappa shape index (κ1) is 10.9. The number of benzene rings is 3. The number of para-hydroxylation sites is 1. The topological polar surface area (TPSA) is 45.0 Å². The molecule has 3 nitrogen and oxygen atoms in total. The molecular weight excluding hydrogens is 248 g/mol. The molecule has 0 atom stereocenters. The molecule has 1 heterocycles. The minimum atomic E-state index is 0.585. The largest absolute Gasteiger partial charge is 0.453 e. The number of nitriles is 1. The molecule has 0 radical (unpaired) electrons. The fourth-order valence-electron chi connectivity index (χ4n) is 2.49. The normalized spacial score (nSPS) is 11.8. The first-order valence-electron chi connectivity index (χ1n) is 6.36. The van der Waals surface area contributed by atoms with Crippen molar-refractivity contribution in [1.29, 1.82) is 5.26 Å². The van der Waals surface area contributed by atoms with Gasteiger partial charge in [-0.1, -0.05) is 30.3 Å². The van der Waals surface area contributed by atoms with Crippen LogP contribution in [0.1, 0.15) is 5.56 Å². The summed E-state index contributed by atoms with van der Waals surface area (Å²) >= 11 is 0. The highest BCUT2D eigenvalue weighted by molar-refractivity contribution is 5.92. The van der Waals surface area contributed by atoms with Gasteiger partial charge in [-0.2, -0.15) is 5.26 Å². The van der Waals surface area contributed by atoms with Crippen LogP contribution in [0.3, 0.4) is 0 Å². The summed E-state index contributed by atoms with van der Waals surface area (Å²) in [5.74, 6) is 1.47. The van der Waals surface area contributed by atoms with Gasteiger partial charge in [0.2, 0.25) is 0 Å². The Labute approximate surface area is 116 Å². The summed E-state index contributed by atoms with van der Waals surface area (Å²) in [5, 5.41) is 14.7. The fraction of sp³-hybridized carbons (Fsp3) is 0. The van der Waals surface area contributed by atoms with E-state index in [2.05, 4.69) is 23.5 Å². The lowest BCUT2D eigenvalue weighted by atomic mass is 10.1. The molecule has 0 bridgehead atoms. The molecule has 1 aliphatic rings. The maximum Gasteiger partial charge on any atom is 0.152 e. The Bertz CT molecular complexity index is 878. The third kappa shape index (κ3) is 1.52. The van der Waals surface area contributed by atoms with Crippen LogP contribution in [0.15, 0.2) is 54.6 Å². The Hall–Kier alpha value is -2.99. The minimum absolute atomic E-state index is 0.585. The summed E-state index contributed by atoms with van der Waals surface area (Å²) in [6.07, 6.45) is 0. The lowest BCUT2D eigenvalue weighted by molar-refractivity contribution is 0.482. The minimum Gasteiger partial charge on any atom is -0.453 e. The van der Waals surface area contributed by atoms with E-state index < -0.39 is 0 Å². The summed E-state index contributed by atoms with van der Waals surface area (Å²) in [6, 6.07) is 19.8. The van der Waals surface area contributed by atoms with Gasteiger partial charge in [-0.05, 0) is 35.0 Å². The predicted octanol–water partition coefficient (Wildman–Crippen LogP) is 4.56. The van der Waals surface area contributed by atoms with Crippen molar-refractivity contribution in [1.82, 2.24) is 0 Å². The summed E-state index contributed by atoms with van der Waals surface area (Å²) < 4.78 is 5.91. The first-order chi connectivity index (χ1) is 9.85. The first-order valence-corrected chi connectivity index (χ1v) is 6.36. The van der Waals surface area contributed by atoms with Crippen LogP contribution in [0, 0.1) is 11.3 Å². The van der Waals surface area contributed by atoms with Gasteiger partial charge in [0.1, 0.15) is 6.07 Å². The highest BCUT2D eigenvalue weighted by atomic mass is 16.5. The van der Waals surface area contributed by atoms with Crippen LogP contribution in [0.4, 0.5) is 11.4 Å². The number of hydrogen-bond donors (Lipinski definition) is 1. The van der Waals surface area contributed by atoms with Crippen LogP contribution < -0.4 is 10.1 Å². The van der Waals surface area contributed by atoms with Crippen molar-refractivity contribution in [2.45, 2.75) is 0 Å². The standard InChI is InChI=1S/C17H10N2O/c18-10-13-6-3-7-15-17(13)19-14-8-11-4-1-2-5-12(11)9-16(14)20-15/h1-9,19H. The second-order valence-corrected chi connectivity index (χ2v) is 4.71. The van der Waals surface area contributed by atoms with E-state index in [0.717, 1.165) is 27.9 Å². The third-order valence-corrected chi connectivity index (χ3v) is 3.47. The molecule has 3 aromatic rings. The quantitative estimate of drug-likeness (QED) is 0.503. The van der Waals surface area contributed by atoms with E-state index in [1.165, 1.54) is 0 Å². The maximum absolute atomic E-state index is 9.17. The van der Waals surface area contributed by atoms with Crippen LogP contribution in [-0.4, -0.2) is 0 Å². The molecule has 3 aromatic carbocycles. The molecule has 1 aliphatic heterocycles. The monoisotopic (exact) mass is 258 g/mol. The summed E-state index contributed by atoms with van der Waals surface area (Å²) in [5.41, 5.74) is 2.21. The number of ether oxygens (including phenoxy) is 1. The maximum atomic E-state index is 9.17. The average Bonchev–Trinajstić information content (AvgIpc) is 2.50. The van der Waals surface area contributed by atoms with Crippen LogP contribution in [0.25, 0.3) is 10.8 Å². The van der Waals surface area contributed by atoms with Gasteiger partial charge in [-0.25, -0.2) is 0 Å². The lowest BCUT2D eigenvalue weighted by Gasteiger charge is -2.23. The molecule has 0 saturated heterocycles. The van der Waals surface area contributed by atoms with E-state index in [1.807, 2.05) is 36.4 Å². The van der Waals surface area contributed by atoms with Crippen molar-refractivity contribution < 1.29 is 4.74 Å². The van der Waals surface area contributed by atoms with E-state index in [1.54, 1.807) is 6.07 Å². The number of nitrogens with zero attached hydrogens (tertiary/aromatic N) is 1.